The van der Waals surface area contributed by atoms with Crippen molar-refractivity contribution >= 4 is 5.97 Å². The first-order valence-corrected chi connectivity index (χ1v) is 8.89. The van der Waals surface area contributed by atoms with Crippen LogP contribution in [-0.4, -0.2) is 35.1 Å². The Morgan fingerprint density at radius 3 is 2.55 bits per heavy atom. The average molecular weight is 395 g/mol. The van der Waals surface area contributed by atoms with Gasteiger partial charge in [-0.15, -0.1) is 0 Å². The van der Waals surface area contributed by atoms with E-state index in [1.807, 2.05) is 0 Å². The lowest BCUT2D eigenvalue weighted by molar-refractivity contribution is -0.144. The number of carbonyl (C=O) groups excluding carboxylic acids is 1. The van der Waals surface area contributed by atoms with Gasteiger partial charge in [0.15, 0.2) is 17.3 Å². The molecule has 3 aromatic rings. The average Bonchev–Trinajstić information content (AvgIpc) is 2.75. The normalized spacial score (nSPS) is 10.4. The Bertz CT molecular complexity index is 1060. The number of aromatic amines is 1. The van der Waals surface area contributed by atoms with Crippen LogP contribution in [0.3, 0.4) is 0 Å². The Hall–Kier alpha value is -3.68. The number of ether oxygens (including phenoxy) is 3. The molecule has 2 heterocycles. The first-order chi connectivity index (χ1) is 14.0. The van der Waals surface area contributed by atoms with Crippen molar-refractivity contribution in [2.75, 3.05) is 14.2 Å². The molecule has 0 saturated heterocycles. The van der Waals surface area contributed by atoms with E-state index in [2.05, 4.69) is 15.0 Å². The molecule has 8 heteroatoms. The summed E-state index contributed by atoms with van der Waals surface area (Å²) in [7, 11) is 3.08. The van der Waals surface area contributed by atoms with E-state index < -0.39 is 5.97 Å². The fourth-order valence-electron chi connectivity index (χ4n) is 2.77. The second-order valence-electron chi connectivity index (χ2n) is 6.22. The van der Waals surface area contributed by atoms with E-state index in [1.165, 1.54) is 7.11 Å². The Balaban J connectivity index is 1.69. The van der Waals surface area contributed by atoms with Crippen LogP contribution in [0, 0.1) is 6.92 Å². The molecule has 1 N–H and O–H groups in total. The fraction of sp³-hybridized carbons (Fsp3) is 0.238. The smallest absolute Gasteiger partial charge is 0.310 e. The van der Waals surface area contributed by atoms with Crippen LogP contribution in [0.1, 0.15) is 16.8 Å². The molecule has 0 fully saturated rings. The number of pyridine rings is 1. The Morgan fingerprint density at radius 1 is 1.10 bits per heavy atom. The molecule has 2 aromatic heterocycles. The van der Waals surface area contributed by atoms with Crippen LogP contribution < -0.4 is 15.0 Å². The standard InChI is InChI=1S/C21H21N3O5/c1-13-15(21(26)24-20(23-13)16-6-4-5-9-22-16)11-19(25)29-12-14-7-8-17(27-2)18(10-14)28-3/h4-10H,11-12H2,1-3H3,(H,23,24,26). The summed E-state index contributed by atoms with van der Waals surface area (Å²) in [5.41, 5.74) is 1.63. The van der Waals surface area contributed by atoms with Gasteiger partial charge in [0.25, 0.3) is 5.56 Å². The molecule has 29 heavy (non-hydrogen) atoms. The second kappa shape index (κ2) is 9.01. The molecule has 0 unspecified atom stereocenters. The number of carbonyl (C=O) groups is 1. The fourth-order valence-corrected chi connectivity index (χ4v) is 2.77. The molecule has 0 saturated carbocycles. The molecular weight excluding hydrogens is 374 g/mol. The molecule has 0 aliphatic heterocycles. The molecule has 0 amide bonds. The van der Waals surface area contributed by atoms with Gasteiger partial charge in [-0.25, -0.2) is 4.98 Å². The Kier molecular flexibility index (Phi) is 6.23. The van der Waals surface area contributed by atoms with Crippen molar-refractivity contribution in [1.29, 1.82) is 0 Å². The van der Waals surface area contributed by atoms with Crippen molar-refractivity contribution in [3.05, 3.63) is 69.8 Å². The maximum absolute atomic E-state index is 12.4. The number of rotatable bonds is 7. The number of aromatic nitrogens is 3. The quantitative estimate of drug-likeness (QED) is 0.613. The third-order valence-corrected chi connectivity index (χ3v) is 4.30. The summed E-state index contributed by atoms with van der Waals surface area (Å²) < 4.78 is 15.7. The van der Waals surface area contributed by atoms with Crippen LogP contribution >= 0.6 is 0 Å². The largest absolute Gasteiger partial charge is 0.493 e. The van der Waals surface area contributed by atoms with Crippen molar-refractivity contribution in [2.45, 2.75) is 20.0 Å². The number of nitrogens with one attached hydrogen (secondary N) is 1. The molecule has 0 aliphatic rings. The van der Waals surface area contributed by atoms with E-state index in [4.69, 9.17) is 14.2 Å². The molecule has 0 atom stereocenters. The highest BCUT2D eigenvalue weighted by Gasteiger charge is 2.15. The van der Waals surface area contributed by atoms with E-state index in [0.717, 1.165) is 5.56 Å². The van der Waals surface area contributed by atoms with Gasteiger partial charge in [-0.05, 0) is 36.8 Å². The summed E-state index contributed by atoms with van der Waals surface area (Å²) in [6, 6.07) is 10.6. The van der Waals surface area contributed by atoms with Gasteiger partial charge in [0.05, 0.1) is 20.6 Å². The summed E-state index contributed by atoms with van der Waals surface area (Å²) in [6.45, 7) is 1.73. The van der Waals surface area contributed by atoms with E-state index in [1.54, 1.807) is 56.6 Å². The van der Waals surface area contributed by atoms with Gasteiger partial charge in [0.1, 0.15) is 12.3 Å². The summed E-state index contributed by atoms with van der Waals surface area (Å²) in [4.78, 5) is 35.9. The van der Waals surface area contributed by atoms with Crippen molar-refractivity contribution in [3.8, 4) is 23.0 Å². The van der Waals surface area contributed by atoms with Gasteiger partial charge in [-0.3, -0.25) is 14.6 Å². The second-order valence-corrected chi connectivity index (χ2v) is 6.22. The van der Waals surface area contributed by atoms with E-state index in [-0.39, 0.29) is 24.2 Å². The SMILES string of the molecule is COc1ccc(COC(=O)Cc2c(C)nc(-c3ccccn3)[nH]c2=O)cc1OC. The Labute approximate surface area is 167 Å². The topological polar surface area (TPSA) is 103 Å². The number of H-pyrrole nitrogens is 1. The zero-order valence-electron chi connectivity index (χ0n) is 16.4. The number of esters is 1. The van der Waals surface area contributed by atoms with Gasteiger partial charge in [0, 0.05) is 17.5 Å². The Morgan fingerprint density at radius 2 is 1.90 bits per heavy atom. The number of aryl methyl sites for hydroxylation is 1. The third-order valence-electron chi connectivity index (χ3n) is 4.30. The zero-order valence-corrected chi connectivity index (χ0v) is 16.4. The zero-order chi connectivity index (χ0) is 20.8. The predicted octanol–water partition coefficient (Wildman–Crippen LogP) is 2.44. The van der Waals surface area contributed by atoms with Crippen LogP contribution in [0.25, 0.3) is 11.5 Å². The first-order valence-electron chi connectivity index (χ1n) is 8.89. The molecule has 8 nitrogen and oxygen atoms in total. The lowest BCUT2D eigenvalue weighted by Gasteiger charge is -2.10. The van der Waals surface area contributed by atoms with Gasteiger partial charge in [0.2, 0.25) is 0 Å². The van der Waals surface area contributed by atoms with Crippen LogP contribution in [-0.2, 0) is 22.6 Å². The number of nitrogens with zero attached hydrogens (tertiary/aromatic N) is 2. The minimum atomic E-state index is -0.527. The molecular formula is C21H21N3O5. The minimum absolute atomic E-state index is 0.0512. The lowest BCUT2D eigenvalue weighted by atomic mass is 10.1. The number of methoxy groups -OCH3 is 2. The highest BCUT2D eigenvalue weighted by atomic mass is 16.5. The van der Waals surface area contributed by atoms with Gasteiger partial charge < -0.3 is 19.2 Å². The van der Waals surface area contributed by atoms with Crippen LogP contribution in [0.15, 0.2) is 47.4 Å². The van der Waals surface area contributed by atoms with Crippen molar-refractivity contribution in [3.63, 3.8) is 0 Å². The summed E-state index contributed by atoms with van der Waals surface area (Å²) >= 11 is 0. The maximum Gasteiger partial charge on any atom is 0.310 e. The summed E-state index contributed by atoms with van der Waals surface area (Å²) in [5.74, 6) is 0.961. The molecule has 0 aliphatic carbocycles. The van der Waals surface area contributed by atoms with Gasteiger partial charge in [-0.2, -0.15) is 0 Å². The van der Waals surface area contributed by atoms with Crippen LogP contribution in [0.4, 0.5) is 0 Å². The van der Waals surface area contributed by atoms with Crippen molar-refractivity contribution in [1.82, 2.24) is 15.0 Å². The first kappa shape index (κ1) is 20.1. The van der Waals surface area contributed by atoms with E-state index >= 15 is 0 Å². The lowest BCUT2D eigenvalue weighted by Crippen LogP contribution is -2.21. The molecule has 0 bridgehead atoms. The minimum Gasteiger partial charge on any atom is -0.493 e. The number of hydrogen-bond donors (Lipinski definition) is 1. The predicted molar refractivity (Wildman–Crippen MR) is 106 cm³/mol. The molecule has 0 spiro atoms. The van der Waals surface area contributed by atoms with Crippen molar-refractivity contribution in [2.24, 2.45) is 0 Å². The highest BCUT2D eigenvalue weighted by molar-refractivity contribution is 5.73. The monoisotopic (exact) mass is 395 g/mol. The molecule has 150 valence electrons. The number of benzene rings is 1. The molecule has 1 aromatic carbocycles. The van der Waals surface area contributed by atoms with Crippen molar-refractivity contribution < 1.29 is 19.0 Å². The molecule has 0 radical (unpaired) electrons. The summed E-state index contributed by atoms with van der Waals surface area (Å²) in [5, 5.41) is 0. The summed E-state index contributed by atoms with van der Waals surface area (Å²) in [6.07, 6.45) is 1.44. The van der Waals surface area contributed by atoms with E-state index in [9.17, 15) is 9.59 Å². The van der Waals surface area contributed by atoms with Gasteiger partial charge >= 0.3 is 5.97 Å². The number of hydrogen-bond acceptors (Lipinski definition) is 7. The maximum atomic E-state index is 12.4. The van der Waals surface area contributed by atoms with E-state index in [0.29, 0.717) is 28.7 Å². The highest BCUT2D eigenvalue weighted by Crippen LogP contribution is 2.27. The van der Waals surface area contributed by atoms with Crippen LogP contribution in [0.5, 0.6) is 11.5 Å². The molecule has 3 rings (SSSR count). The third kappa shape index (κ3) is 4.78. The van der Waals surface area contributed by atoms with Gasteiger partial charge in [-0.1, -0.05) is 12.1 Å². The van der Waals surface area contributed by atoms with Crippen LogP contribution in [0.2, 0.25) is 0 Å².